The van der Waals surface area contributed by atoms with Crippen LogP contribution in [0.25, 0.3) is 11.0 Å². The van der Waals surface area contributed by atoms with Crippen molar-refractivity contribution in [3.8, 4) is 6.07 Å². The molecule has 0 aliphatic rings. The number of fused-ring (bicyclic) bond motifs is 1. The first-order valence-electron chi connectivity index (χ1n) is 8.25. The number of para-hydroxylation sites is 2. The number of sulfone groups is 1. The van der Waals surface area contributed by atoms with E-state index in [1.165, 1.54) is 0 Å². The third kappa shape index (κ3) is 3.73. The van der Waals surface area contributed by atoms with Crippen LogP contribution < -0.4 is 5.32 Å². The smallest absolute Gasteiger partial charge is 0.200 e. The monoisotopic (exact) mass is 384 g/mol. The molecule has 0 saturated carbocycles. The fraction of sp³-hybridized carbons (Fsp3) is 0.211. The van der Waals surface area contributed by atoms with Gasteiger partial charge in [-0.25, -0.2) is 22.8 Å². The molecule has 0 bridgehead atoms. The minimum atomic E-state index is -4.12. The number of rotatable bonds is 5. The number of nitriles is 1. The lowest BCUT2D eigenvalue weighted by atomic mass is 10.2. The maximum absolute atomic E-state index is 13.2. The summed E-state index contributed by atoms with van der Waals surface area (Å²) in [7, 11) is -4.12. The van der Waals surface area contributed by atoms with Crippen LogP contribution in [0.1, 0.15) is 24.8 Å². The third-order valence-corrected chi connectivity index (χ3v) is 5.72. The summed E-state index contributed by atoms with van der Waals surface area (Å²) in [6.45, 7) is 3.74. The predicted octanol–water partition coefficient (Wildman–Crippen LogP) is 3.63. The summed E-state index contributed by atoms with van der Waals surface area (Å²) in [5.74, 6) is -0.323. The highest BCUT2D eigenvalue weighted by molar-refractivity contribution is 7.92. The van der Waals surface area contributed by atoms with Gasteiger partial charge in [0.25, 0.3) is 0 Å². The van der Waals surface area contributed by atoms with Gasteiger partial charge in [-0.1, -0.05) is 12.1 Å². The second-order valence-corrected chi connectivity index (χ2v) is 8.29. The van der Waals surface area contributed by atoms with Crippen molar-refractivity contribution in [3.05, 3.63) is 60.0 Å². The van der Waals surface area contributed by atoms with Crippen LogP contribution in [0.5, 0.6) is 0 Å². The highest BCUT2D eigenvalue weighted by Gasteiger charge is 2.33. The fourth-order valence-electron chi connectivity index (χ4n) is 2.61. The van der Waals surface area contributed by atoms with Gasteiger partial charge >= 0.3 is 0 Å². The Hall–Kier alpha value is -3.05. The average Bonchev–Trinajstić information content (AvgIpc) is 2.62. The fourth-order valence-corrected chi connectivity index (χ4v) is 4.00. The van der Waals surface area contributed by atoms with Gasteiger partial charge in [0.05, 0.1) is 22.0 Å². The van der Waals surface area contributed by atoms with Crippen molar-refractivity contribution in [3.63, 3.8) is 0 Å². The SMILES string of the molecule is CC(C)Nc1nc2ccccc2nc1[C@@H](C#N)S(=O)(=O)c1ccc(F)cc1. The molecule has 1 atom stereocenters. The van der Waals surface area contributed by atoms with Crippen LogP contribution in [-0.2, 0) is 9.84 Å². The van der Waals surface area contributed by atoms with E-state index in [9.17, 15) is 18.1 Å². The summed E-state index contributed by atoms with van der Waals surface area (Å²) in [5, 5.41) is 11.1. The molecule has 8 heteroatoms. The number of nitrogens with one attached hydrogen (secondary N) is 1. The topological polar surface area (TPSA) is 95.7 Å². The minimum Gasteiger partial charge on any atom is -0.366 e. The zero-order valence-electron chi connectivity index (χ0n) is 14.7. The van der Waals surface area contributed by atoms with Crippen molar-refractivity contribution in [2.24, 2.45) is 0 Å². The molecule has 0 aliphatic heterocycles. The highest BCUT2D eigenvalue weighted by Crippen LogP contribution is 2.32. The molecule has 6 nitrogen and oxygen atoms in total. The standard InChI is InChI=1S/C19H17FN4O2S/c1-12(2)22-19-18(23-15-5-3-4-6-16(15)24-19)17(11-21)27(25,26)14-9-7-13(20)8-10-14/h3-10,12,17H,1-2H3,(H,22,24)/t17-/m1/s1. The predicted molar refractivity (Wildman–Crippen MR) is 100 cm³/mol. The second-order valence-electron chi connectivity index (χ2n) is 6.25. The van der Waals surface area contributed by atoms with Crippen molar-refractivity contribution in [2.45, 2.75) is 30.0 Å². The summed E-state index contributed by atoms with van der Waals surface area (Å²) in [6.07, 6.45) is 0. The molecule has 1 heterocycles. The lowest BCUT2D eigenvalue weighted by Crippen LogP contribution is -2.20. The second kappa shape index (κ2) is 7.29. The van der Waals surface area contributed by atoms with Crippen LogP contribution in [0, 0.1) is 17.1 Å². The quantitative estimate of drug-likeness (QED) is 0.675. The van der Waals surface area contributed by atoms with E-state index in [0.717, 1.165) is 24.3 Å². The van der Waals surface area contributed by atoms with Gasteiger partial charge in [0.2, 0.25) is 9.84 Å². The van der Waals surface area contributed by atoms with E-state index in [1.807, 2.05) is 19.9 Å². The molecule has 27 heavy (non-hydrogen) atoms. The van der Waals surface area contributed by atoms with Gasteiger partial charge in [-0.2, -0.15) is 5.26 Å². The number of halogens is 1. The number of hydrogen-bond donors (Lipinski definition) is 1. The van der Waals surface area contributed by atoms with Gasteiger partial charge in [-0.05, 0) is 50.2 Å². The van der Waals surface area contributed by atoms with Gasteiger partial charge in [0.15, 0.2) is 11.1 Å². The van der Waals surface area contributed by atoms with Crippen LogP contribution in [0.2, 0.25) is 0 Å². The number of benzene rings is 2. The van der Waals surface area contributed by atoms with Crippen molar-refractivity contribution in [1.29, 1.82) is 5.26 Å². The molecule has 3 aromatic rings. The molecule has 0 unspecified atom stereocenters. The van der Waals surface area contributed by atoms with Crippen molar-refractivity contribution in [2.75, 3.05) is 5.32 Å². The Kier molecular flexibility index (Phi) is 5.06. The van der Waals surface area contributed by atoms with Crippen LogP contribution in [0.4, 0.5) is 10.2 Å². The number of aromatic nitrogens is 2. The Morgan fingerprint density at radius 2 is 1.63 bits per heavy atom. The Labute approximate surface area is 156 Å². The van der Waals surface area contributed by atoms with E-state index in [2.05, 4.69) is 15.3 Å². The lowest BCUT2D eigenvalue weighted by molar-refractivity contribution is 0.589. The molecule has 0 aliphatic carbocycles. The van der Waals surface area contributed by atoms with E-state index >= 15 is 0 Å². The Balaban J connectivity index is 2.20. The van der Waals surface area contributed by atoms with E-state index in [4.69, 9.17) is 0 Å². The summed E-state index contributed by atoms with van der Waals surface area (Å²) in [6, 6.07) is 13.1. The zero-order chi connectivity index (χ0) is 19.6. The molecule has 0 spiro atoms. The zero-order valence-corrected chi connectivity index (χ0v) is 15.5. The average molecular weight is 384 g/mol. The maximum atomic E-state index is 13.2. The molecule has 2 aromatic carbocycles. The molecule has 3 rings (SSSR count). The Bertz CT molecular complexity index is 1120. The van der Waals surface area contributed by atoms with E-state index in [1.54, 1.807) is 24.3 Å². The summed E-state index contributed by atoms with van der Waals surface area (Å²) >= 11 is 0. The summed E-state index contributed by atoms with van der Waals surface area (Å²) < 4.78 is 39.2. The van der Waals surface area contributed by atoms with E-state index in [-0.39, 0.29) is 22.4 Å². The summed E-state index contributed by atoms with van der Waals surface area (Å²) in [5.41, 5.74) is 1.09. The Morgan fingerprint density at radius 3 is 2.19 bits per heavy atom. The molecule has 0 fully saturated rings. The molecule has 0 amide bonds. The van der Waals surface area contributed by atoms with Gasteiger partial charge in [-0.15, -0.1) is 0 Å². The van der Waals surface area contributed by atoms with Crippen LogP contribution in [0.15, 0.2) is 53.4 Å². The summed E-state index contributed by atoms with van der Waals surface area (Å²) in [4.78, 5) is 8.71. The van der Waals surface area contributed by atoms with Crippen molar-refractivity contribution in [1.82, 2.24) is 9.97 Å². The third-order valence-electron chi connectivity index (χ3n) is 3.84. The maximum Gasteiger partial charge on any atom is 0.200 e. The van der Waals surface area contributed by atoms with E-state index in [0.29, 0.717) is 11.0 Å². The molecule has 1 N–H and O–H groups in total. The van der Waals surface area contributed by atoms with E-state index < -0.39 is 20.9 Å². The van der Waals surface area contributed by atoms with Gasteiger partial charge in [0, 0.05) is 6.04 Å². The first-order chi connectivity index (χ1) is 12.8. The lowest BCUT2D eigenvalue weighted by Gasteiger charge is -2.17. The minimum absolute atomic E-state index is 0.0224. The highest BCUT2D eigenvalue weighted by atomic mass is 32.2. The van der Waals surface area contributed by atoms with Crippen LogP contribution in [0.3, 0.4) is 0 Å². The first-order valence-corrected chi connectivity index (χ1v) is 9.80. The van der Waals surface area contributed by atoms with Gasteiger partial charge < -0.3 is 5.32 Å². The van der Waals surface area contributed by atoms with Gasteiger partial charge in [0.1, 0.15) is 11.5 Å². The molecule has 0 radical (unpaired) electrons. The molecule has 0 saturated heterocycles. The first kappa shape index (κ1) is 18.7. The van der Waals surface area contributed by atoms with Crippen LogP contribution in [-0.4, -0.2) is 24.4 Å². The molecule has 138 valence electrons. The van der Waals surface area contributed by atoms with Gasteiger partial charge in [-0.3, -0.25) is 0 Å². The normalized spacial score (nSPS) is 12.7. The number of anilines is 1. The molecular weight excluding hydrogens is 367 g/mol. The van der Waals surface area contributed by atoms with Crippen LogP contribution >= 0.6 is 0 Å². The molecule has 1 aromatic heterocycles. The van der Waals surface area contributed by atoms with Crippen molar-refractivity contribution >= 4 is 26.7 Å². The largest absolute Gasteiger partial charge is 0.366 e. The number of hydrogen-bond acceptors (Lipinski definition) is 6. The molecular formula is C19H17FN4O2S. The van der Waals surface area contributed by atoms with Crippen molar-refractivity contribution < 1.29 is 12.8 Å². The Morgan fingerprint density at radius 1 is 1.04 bits per heavy atom. The number of nitrogens with zero attached hydrogens (tertiary/aromatic N) is 3.